The summed E-state index contributed by atoms with van der Waals surface area (Å²) in [7, 11) is 0. The van der Waals surface area contributed by atoms with Crippen LogP contribution in [0.2, 0.25) is 0 Å². The molecule has 0 amide bonds. The zero-order valence-corrected chi connectivity index (χ0v) is 30.8. The largest absolute Gasteiger partial charge is 0.455 e. The van der Waals surface area contributed by atoms with E-state index in [0.717, 1.165) is 33.9 Å². The van der Waals surface area contributed by atoms with Gasteiger partial charge in [-0.15, -0.1) is 11.3 Å². The maximum atomic E-state index is 6.67. The number of thiophene rings is 1. The van der Waals surface area contributed by atoms with Crippen molar-refractivity contribution in [3.05, 3.63) is 205 Å². The van der Waals surface area contributed by atoms with Crippen LogP contribution in [0, 0.1) is 0 Å². The number of benzene rings is 8. The number of anilines is 2. The summed E-state index contributed by atoms with van der Waals surface area (Å²) < 4.78 is 9.27. The molecule has 1 atom stereocenters. The third-order valence-corrected chi connectivity index (χ3v) is 12.4. The second-order valence-corrected chi connectivity index (χ2v) is 15.4. The highest BCUT2D eigenvalue weighted by atomic mass is 32.1. The number of hydrogen-bond donors (Lipinski definition) is 0. The molecule has 0 aliphatic heterocycles. The summed E-state index contributed by atoms with van der Waals surface area (Å²) in [6.07, 6.45) is 5.68. The second kappa shape index (κ2) is 13.0. The van der Waals surface area contributed by atoms with Gasteiger partial charge in [-0.25, -0.2) is 0 Å². The summed E-state index contributed by atoms with van der Waals surface area (Å²) in [5.74, 6) is 0. The molecule has 8 aromatic carbocycles. The van der Waals surface area contributed by atoms with Crippen LogP contribution in [0.5, 0.6) is 0 Å². The molecule has 2 heterocycles. The molecule has 0 radical (unpaired) electrons. The molecule has 0 N–H and O–H groups in total. The lowest BCUT2D eigenvalue weighted by Crippen LogP contribution is -2.31. The molecule has 11 rings (SSSR count). The number of allylic oxidation sites excluding steroid dienone is 2. The number of hydrogen-bond acceptors (Lipinski definition) is 3. The minimum atomic E-state index is -0.0170. The van der Waals surface area contributed by atoms with Crippen molar-refractivity contribution in [2.45, 2.75) is 12.5 Å². The van der Waals surface area contributed by atoms with E-state index in [4.69, 9.17) is 4.42 Å². The van der Waals surface area contributed by atoms with Crippen molar-refractivity contribution < 1.29 is 4.42 Å². The van der Waals surface area contributed by atoms with Crippen LogP contribution in [0.3, 0.4) is 0 Å². The van der Waals surface area contributed by atoms with Gasteiger partial charge in [0.15, 0.2) is 0 Å². The van der Waals surface area contributed by atoms with Crippen molar-refractivity contribution >= 4 is 86.7 Å². The van der Waals surface area contributed by atoms with E-state index >= 15 is 0 Å². The smallest absolute Gasteiger partial charge is 0.142 e. The maximum absolute atomic E-state index is 6.67. The van der Waals surface area contributed by atoms with Crippen LogP contribution in [-0.4, -0.2) is 6.04 Å². The first-order valence-corrected chi connectivity index (χ1v) is 19.8. The lowest BCUT2D eigenvalue weighted by molar-refractivity contribution is 0.667. The number of nitrogens with zero attached hydrogens (tertiary/aromatic N) is 1. The van der Waals surface area contributed by atoms with Crippen LogP contribution < -0.4 is 4.90 Å². The summed E-state index contributed by atoms with van der Waals surface area (Å²) in [4.78, 5) is 2.63. The molecule has 0 unspecified atom stereocenters. The third-order valence-electron chi connectivity index (χ3n) is 11.2. The highest BCUT2D eigenvalue weighted by Crippen LogP contribution is 2.48. The normalized spacial score (nSPS) is 14.5. The molecule has 1 aliphatic carbocycles. The fraction of sp³-hybridized carbons (Fsp3) is 0.0385. The average Bonchev–Trinajstić information content (AvgIpc) is 3.84. The van der Waals surface area contributed by atoms with Gasteiger partial charge < -0.3 is 9.32 Å². The van der Waals surface area contributed by atoms with Crippen LogP contribution >= 0.6 is 11.3 Å². The minimum absolute atomic E-state index is 0.0170. The maximum Gasteiger partial charge on any atom is 0.142 e. The standard InChI is InChI=1S/C52H35NOS/c1-3-15-34(16-4-1)36-31-37(40-23-13-24-45-43-21-9-11-27-49(43)54-51(40)45)33-38(32-36)53(48-26-14-25-46-44-22-10-12-28-50(44)55-52(46)48)47-30-29-39(35-17-5-2-6-18-35)41-19-7-8-20-42(41)47/h1-32,38H,33H2/t38-/m0/s1. The van der Waals surface area contributed by atoms with Crippen molar-refractivity contribution in [1.82, 2.24) is 0 Å². The van der Waals surface area contributed by atoms with Gasteiger partial charge in [-0.2, -0.15) is 0 Å². The number of rotatable bonds is 6. The molecular formula is C52H35NOS. The molecular weight excluding hydrogens is 687 g/mol. The molecule has 2 nitrogen and oxygen atoms in total. The van der Waals surface area contributed by atoms with Crippen LogP contribution in [0.1, 0.15) is 17.5 Å². The van der Waals surface area contributed by atoms with Crippen molar-refractivity contribution in [3.63, 3.8) is 0 Å². The fourth-order valence-corrected chi connectivity index (χ4v) is 9.94. The molecule has 3 heteroatoms. The molecule has 0 saturated carbocycles. The van der Waals surface area contributed by atoms with E-state index in [0.29, 0.717) is 0 Å². The topological polar surface area (TPSA) is 16.4 Å². The molecule has 10 aromatic rings. The summed E-state index contributed by atoms with van der Waals surface area (Å²) in [6, 6.07) is 65.8. The van der Waals surface area contributed by atoms with Crippen molar-refractivity contribution in [2.75, 3.05) is 4.90 Å². The van der Waals surface area contributed by atoms with Crippen LogP contribution in [0.15, 0.2) is 199 Å². The van der Waals surface area contributed by atoms with Gasteiger partial charge in [0.2, 0.25) is 0 Å². The minimum Gasteiger partial charge on any atom is -0.455 e. The van der Waals surface area contributed by atoms with Crippen LogP contribution in [-0.2, 0) is 0 Å². The zero-order chi connectivity index (χ0) is 36.3. The van der Waals surface area contributed by atoms with Crippen molar-refractivity contribution in [1.29, 1.82) is 0 Å². The Labute approximate surface area is 323 Å². The quantitative estimate of drug-likeness (QED) is 0.170. The predicted molar refractivity (Wildman–Crippen MR) is 235 cm³/mol. The van der Waals surface area contributed by atoms with E-state index in [-0.39, 0.29) is 6.04 Å². The lowest BCUT2D eigenvalue weighted by atomic mass is 9.86. The summed E-state index contributed by atoms with van der Waals surface area (Å²) in [5, 5.41) is 7.36. The van der Waals surface area contributed by atoms with Crippen LogP contribution in [0.25, 0.3) is 75.2 Å². The van der Waals surface area contributed by atoms with E-state index in [1.54, 1.807) is 0 Å². The number of furan rings is 1. The number of para-hydroxylation sites is 2. The highest BCUT2D eigenvalue weighted by molar-refractivity contribution is 7.26. The molecule has 55 heavy (non-hydrogen) atoms. The van der Waals surface area contributed by atoms with Gasteiger partial charge in [0.1, 0.15) is 11.2 Å². The second-order valence-electron chi connectivity index (χ2n) is 14.4. The Morgan fingerprint density at radius 2 is 1.13 bits per heavy atom. The molecule has 0 fully saturated rings. The van der Waals surface area contributed by atoms with Gasteiger partial charge in [0.25, 0.3) is 0 Å². The highest BCUT2D eigenvalue weighted by Gasteiger charge is 2.29. The monoisotopic (exact) mass is 721 g/mol. The van der Waals surface area contributed by atoms with E-state index in [9.17, 15) is 0 Å². The molecule has 0 bridgehead atoms. The van der Waals surface area contributed by atoms with E-state index < -0.39 is 0 Å². The van der Waals surface area contributed by atoms with Gasteiger partial charge in [-0.3, -0.25) is 0 Å². The first-order chi connectivity index (χ1) is 27.3. The molecule has 0 spiro atoms. The van der Waals surface area contributed by atoms with Gasteiger partial charge in [0, 0.05) is 42.9 Å². The Kier molecular flexibility index (Phi) is 7.53. The first-order valence-electron chi connectivity index (χ1n) is 18.9. The zero-order valence-electron chi connectivity index (χ0n) is 30.0. The van der Waals surface area contributed by atoms with Gasteiger partial charge in [-0.05, 0) is 63.9 Å². The van der Waals surface area contributed by atoms with E-state index in [1.165, 1.54) is 70.2 Å². The first kappa shape index (κ1) is 31.8. The lowest BCUT2D eigenvalue weighted by Gasteiger charge is -2.36. The van der Waals surface area contributed by atoms with Crippen LogP contribution in [0.4, 0.5) is 11.4 Å². The average molecular weight is 722 g/mol. The van der Waals surface area contributed by atoms with Gasteiger partial charge in [0.05, 0.1) is 16.4 Å². The summed E-state index contributed by atoms with van der Waals surface area (Å²) in [5.41, 5.74) is 11.5. The van der Waals surface area contributed by atoms with E-state index in [2.05, 4.69) is 199 Å². The van der Waals surface area contributed by atoms with Gasteiger partial charge >= 0.3 is 0 Å². The Morgan fingerprint density at radius 1 is 0.473 bits per heavy atom. The van der Waals surface area contributed by atoms with E-state index in [1.807, 2.05) is 11.3 Å². The molecule has 2 aromatic heterocycles. The number of fused-ring (bicyclic) bond motifs is 7. The Morgan fingerprint density at radius 3 is 1.96 bits per heavy atom. The van der Waals surface area contributed by atoms with Gasteiger partial charge in [-0.1, -0.05) is 170 Å². The summed E-state index contributed by atoms with van der Waals surface area (Å²) in [6.45, 7) is 0. The SMILES string of the molecule is C1=C(c2ccccc2)C=C(c2cccc3c2oc2ccccc23)C[C@H]1N(c1ccc(-c2ccccc2)c2ccccc12)c1cccc2c1sc1ccccc12. The Bertz CT molecular complexity index is 3130. The predicted octanol–water partition coefficient (Wildman–Crippen LogP) is 14.9. The molecule has 260 valence electrons. The Balaban J connectivity index is 1.18. The Hall–Kier alpha value is -6.68. The summed E-state index contributed by atoms with van der Waals surface area (Å²) >= 11 is 1.89. The fourth-order valence-electron chi connectivity index (χ4n) is 8.72. The van der Waals surface area contributed by atoms with Crippen molar-refractivity contribution in [2.24, 2.45) is 0 Å². The molecule has 1 aliphatic rings. The molecule has 0 saturated heterocycles. The third kappa shape index (κ3) is 5.31. The van der Waals surface area contributed by atoms with Crippen molar-refractivity contribution in [3.8, 4) is 11.1 Å².